The van der Waals surface area contributed by atoms with Gasteiger partial charge < -0.3 is 5.32 Å². The normalized spacial score (nSPS) is 15.6. The van der Waals surface area contributed by atoms with Crippen LogP contribution in [0.15, 0.2) is 64.0 Å². The van der Waals surface area contributed by atoms with E-state index in [9.17, 15) is 13.2 Å². The molecule has 1 N–H and O–H groups in total. The lowest BCUT2D eigenvalue weighted by Crippen LogP contribution is -2.41. The van der Waals surface area contributed by atoms with Crippen LogP contribution in [0.4, 0.5) is 5.69 Å². The monoisotopic (exact) mass is 528 g/mol. The number of amides is 1. The quantitative estimate of drug-likeness (QED) is 0.441. The molecule has 1 amide bonds. The highest BCUT2D eigenvalue weighted by molar-refractivity contribution is 9.10. The van der Waals surface area contributed by atoms with Crippen molar-refractivity contribution in [2.45, 2.75) is 44.4 Å². The van der Waals surface area contributed by atoms with E-state index >= 15 is 0 Å². The van der Waals surface area contributed by atoms with Gasteiger partial charge in [-0.1, -0.05) is 60.1 Å². The summed E-state index contributed by atoms with van der Waals surface area (Å²) < 4.78 is 29.0. The fraction of sp³-hybridized carbons (Fsp3) is 0.346. The average molecular weight is 530 g/mol. The van der Waals surface area contributed by atoms with Gasteiger partial charge in [-0.05, 0) is 71.8 Å². The van der Waals surface area contributed by atoms with Crippen molar-refractivity contribution in [2.75, 3.05) is 18.4 Å². The molecule has 0 spiro atoms. The van der Waals surface area contributed by atoms with Crippen molar-refractivity contribution in [1.82, 2.24) is 4.31 Å². The van der Waals surface area contributed by atoms with E-state index in [4.69, 9.17) is 0 Å². The standard InChI is InChI=1S/C26H29BrN2O3S/c1-3-18-15-23(27)16-19(4-2)25(18)28-26(30)21-11-13-29(14-12-21)33(31,32)24-10-9-20-7-5-6-8-22(20)17-24/h5-10,15-17,21H,3-4,11-14H2,1-2H3,(H,28,30). The minimum Gasteiger partial charge on any atom is -0.325 e. The summed E-state index contributed by atoms with van der Waals surface area (Å²) >= 11 is 3.55. The minimum absolute atomic E-state index is 0.0236. The van der Waals surface area contributed by atoms with E-state index in [2.05, 4.69) is 35.1 Å². The Labute approximate surface area is 204 Å². The molecule has 1 saturated heterocycles. The van der Waals surface area contributed by atoms with E-state index < -0.39 is 10.0 Å². The highest BCUT2D eigenvalue weighted by atomic mass is 79.9. The number of anilines is 1. The Morgan fingerprint density at radius 3 is 2.18 bits per heavy atom. The summed E-state index contributed by atoms with van der Waals surface area (Å²) in [7, 11) is -3.59. The molecule has 0 radical (unpaired) electrons. The zero-order valence-electron chi connectivity index (χ0n) is 19.0. The Morgan fingerprint density at radius 2 is 1.58 bits per heavy atom. The van der Waals surface area contributed by atoms with Crippen LogP contribution in [0.2, 0.25) is 0 Å². The van der Waals surface area contributed by atoms with Gasteiger partial charge in [0.1, 0.15) is 0 Å². The van der Waals surface area contributed by atoms with Crippen LogP contribution in [-0.2, 0) is 27.7 Å². The number of carbonyl (C=O) groups excluding carboxylic acids is 1. The molecule has 33 heavy (non-hydrogen) atoms. The van der Waals surface area contributed by atoms with Crippen LogP contribution in [0.25, 0.3) is 10.8 Å². The summed E-state index contributed by atoms with van der Waals surface area (Å²) in [6, 6.07) is 17.1. The molecular weight excluding hydrogens is 500 g/mol. The predicted octanol–water partition coefficient (Wildman–Crippen LogP) is 5.77. The molecule has 1 aliphatic rings. The molecule has 4 rings (SSSR count). The summed E-state index contributed by atoms with van der Waals surface area (Å²) in [6.45, 7) is 4.84. The molecule has 0 saturated carbocycles. The predicted molar refractivity (Wildman–Crippen MR) is 137 cm³/mol. The molecule has 5 nitrogen and oxygen atoms in total. The van der Waals surface area contributed by atoms with Crippen molar-refractivity contribution in [3.8, 4) is 0 Å². The second kappa shape index (κ2) is 9.95. The second-order valence-corrected chi connectivity index (χ2v) is 11.3. The van der Waals surface area contributed by atoms with Crippen molar-refractivity contribution in [3.05, 3.63) is 70.2 Å². The first-order valence-electron chi connectivity index (χ1n) is 11.4. The van der Waals surface area contributed by atoms with E-state index in [0.717, 1.165) is 44.9 Å². The molecule has 0 aliphatic carbocycles. The third-order valence-electron chi connectivity index (χ3n) is 6.46. The Hall–Kier alpha value is -2.22. The number of hydrogen-bond donors (Lipinski definition) is 1. The number of carbonyl (C=O) groups is 1. The lowest BCUT2D eigenvalue weighted by atomic mass is 9.96. The largest absolute Gasteiger partial charge is 0.325 e. The molecule has 0 aromatic heterocycles. The maximum absolute atomic E-state index is 13.2. The van der Waals surface area contributed by atoms with Crippen LogP contribution in [0.1, 0.15) is 37.8 Å². The van der Waals surface area contributed by atoms with Crippen LogP contribution in [-0.4, -0.2) is 31.7 Å². The Kier molecular flexibility index (Phi) is 7.22. The smallest absolute Gasteiger partial charge is 0.243 e. The minimum atomic E-state index is -3.59. The highest BCUT2D eigenvalue weighted by Crippen LogP contribution is 2.30. The number of sulfonamides is 1. The number of benzene rings is 3. The van der Waals surface area contributed by atoms with Gasteiger partial charge in [-0.3, -0.25) is 4.79 Å². The van der Waals surface area contributed by atoms with Crippen molar-refractivity contribution >= 4 is 48.3 Å². The van der Waals surface area contributed by atoms with E-state index in [0.29, 0.717) is 30.8 Å². The summed E-state index contributed by atoms with van der Waals surface area (Å²) in [5.74, 6) is -0.226. The molecule has 1 fully saturated rings. The Balaban J connectivity index is 1.46. The van der Waals surface area contributed by atoms with Crippen molar-refractivity contribution in [3.63, 3.8) is 0 Å². The van der Waals surface area contributed by atoms with E-state index in [1.165, 1.54) is 4.31 Å². The Bertz CT molecular complexity index is 1260. The fourth-order valence-corrected chi connectivity index (χ4v) is 6.56. The molecule has 174 valence electrons. The van der Waals surface area contributed by atoms with Gasteiger partial charge >= 0.3 is 0 Å². The topological polar surface area (TPSA) is 66.5 Å². The Morgan fingerprint density at radius 1 is 0.970 bits per heavy atom. The van der Waals surface area contributed by atoms with Gasteiger partial charge in [0, 0.05) is 29.2 Å². The maximum atomic E-state index is 13.2. The number of hydrogen-bond acceptors (Lipinski definition) is 3. The van der Waals surface area contributed by atoms with Crippen LogP contribution in [0, 0.1) is 5.92 Å². The highest BCUT2D eigenvalue weighted by Gasteiger charge is 2.32. The summed E-state index contributed by atoms with van der Waals surface area (Å²) in [5.41, 5.74) is 3.11. The molecule has 1 heterocycles. The van der Waals surface area contributed by atoms with E-state index in [1.807, 2.05) is 42.5 Å². The van der Waals surface area contributed by atoms with Crippen molar-refractivity contribution in [2.24, 2.45) is 5.92 Å². The zero-order valence-corrected chi connectivity index (χ0v) is 21.4. The molecule has 0 atom stereocenters. The van der Waals surface area contributed by atoms with Crippen LogP contribution >= 0.6 is 15.9 Å². The van der Waals surface area contributed by atoms with Gasteiger partial charge in [0.25, 0.3) is 0 Å². The zero-order chi connectivity index (χ0) is 23.6. The molecular formula is C26H29BrN2O3S. The first-order chi connectivity index (χ1) is 15.8. The first kappa shape index (κ1) is 23.9. The summed E-state index contributed by atoms with van der Waals surface area (Å²) in [5, 5.41) is 5.07. The van der Waals surface area contributed by atoms with E-state index in [1.54, 1.807) is 12.1 Å². The van der Waals surface area contributed by atoms with Gasteiger partial charge in [0.2, 0.25) is 15.9 Å². The van der Waals surface area contributed by atoms with Gasteiger partial charge in [-0.25, -0.2) is 8.42 Å². The van der Waals surface area contributed by atoms with E-state index in [-0.39, 0.29) is 11.8 Å². The lowest BCUT2D eigenvalue weighted by molar-refractivity contribution is -0.120. The number of nitrogens with one attached hydrogen (secondary N) is 1. The first-order valence-corrected chi connectivity index (χ1v) is 13.7. The van der Waals surface area contributed by atoms with Gasteiger partial charge in [0.15, 0.2) is 0 Å². The van der Waals surface area contributed by atoms with Crippen molar-refractivity contribution in [1.29, 1.82) is 0 Å². The molecule has 0 bridgehead atoms. The summed E-state index contributed by atoms with van der Waals surface area (Å²) in [4.78, 5) is 13.4. The molecule has 1 aliphatic heterocycles. The fourth-order valence-electron chi connectivity index (χ4n) is 4.50. The van der Waals surface area contributed by atoms with Gasteiger partial charge in [-0.2, -0.15) is 4.31 Å². The van der Waals surface area contributed by atoms with Crippen LogP contribution in [0.5, 0.6) is 0 Å². The number of rotatable bonds is 6. The van der Waals surface area contributed by atoms with Gasteiger partial charge in [0.05, 0.1) is 4.90 Å². The second-order valence-electron chi connectivity index (χ2n) is 8.48. The molecule has 3 aromatic rings. The lowest BCUT2D eigenvalue weighted by Gasteiger charge is -2.31. The van der Waals surface area contributed by atoms with Gasteiger partial charge in [-0.15, -0.1) is 0 Å². The number of nitrogens with zero attached hydrogens (tertiary/aromatic N) is 1. The van der Waals surface area contributed by atoms with Crippen molar-refractivity contribution < 1.29 is 13.2 Å². The van der Waals surface area contributed by atoms with Crippen LogP contribution < -0.4 is 5.32 Å². The average Bonchev–Trinajstić information content (AvgIpc) is 2.84. The van der Waals surface area contributed by atoms with Crippen LogP contribution in [0.3, 0.4) is 0 Å². The summed E-state index contributed by atoms with van der Waals surface area (Å²) in [6.07, 6.45) is 2.67. The molecule has 0 unspecified atom stereocenters. The molecule has 7 heteroatoms. The number of aryl methyl sites for hydroxylation is 2. The third-order valence-corrected chi connectivity index (χ3v) is 8.81. The molecule has 3 aromatic carbocycles. The number of piperidine rings is 1. The SMILES string of the molecule is CCc1cc(Br)cc(CC)c1NC(=O)C1CCN(S(=O)(=O)c2ccc3ccccc3c2)CC1. The number of halogens is 1. The number of fused-ring (bicyclic) bond motifs is 1. The third kappa shape index (κ3) is 5.00. The maximum Gasteiger partial charge on any atom is 0.243 e.